The van der Waals surface area contributed by atoms with Gasteiger partial charge in [-0.15, -0.1) is 0 Å². The number of nitrogens with zero attached hydrogens (tertiary/aromatic N) is 4. The second-order valence-corrected chi connectivity index (χ2v) is 4.49. The smallest absolute Gasteiger partial charge is 0.319 e. The van der Waals surface area contributed by atoms with Crippen LogP contribution < -0.4 is 11.2 Å². The summed E-state index contributed by atoms with van der Waals surface area (Å²) >= 11 is 3.05. The van der Waals surface area contributed by atoms with Gasteiger partial charge in [-0.25, -0.2) is 9.78 Å². The molecule has 0 atom stereocenters. The second kappa shape index (κ2) is 4.20. The third kappa shape index (κ3) is 1.56. The van der Waals surface area contributed by atoms with Crippen molar-refractivity contribution in [3.8, 4) is 0 Å². The summed E-state index contributed by atoms with van der Waals surface area (Å²) in [6.07, 6.45) is 0. The first-order valence-electron chi connectivity index (χ1n) is 5.11. The van der Waals surface area contributed by atoms with Crippen LogP contribution in [0.4, 0.5) is 0 Å². The second-order valence-electron chi connectivity index (χ2n) is 3.93. The van der Waals surface area contributed by atoms with E-state index in [9.17, 15) is 14.4 Å². The number of carbonyl (C=O) groups is 1. The van der Waals surface area contributed by atoms with Crippen LogP contribution in [0.15, 0.2) is 9.59 Å². The molecule has 0 N–H and O–H groups in total. The molecule has 18 heavy (non-hydrogen) atoms. The van der Waals surface area contributed by atoms with E-state index in [1.54, 1.807) is 7.05 Å². The largest absolute Gasteiger partial charge is 0.332 e. The van der Waals surface area contributed by atoms with Gasteiger partial charge in [-0.2, -0.15) is 0 Å². The number of rotatable bonds is 2. The first-order valence-corrected chi connectivity index (χ1v) is 6.24. The van der Waals surface area contributed by atoms with Crippen LogP contribution in [0.25, 0.3) is 11.2 Å². The molecule has 7 nitrogen and oxygen atoms in total. The minimum absolute atomic E-state index is 0.110. The summed E-state index contributed by atoms with van der Waals surface area (Å²) in [5.41, 5.74) is -0.473. The van der Waals surface area contributed by atoms with Gasteiger partial charge in [0.2, 0.25) is 5.78 Å². The molecule has 0 amide bonds. The van der Waals surface area contributed by atoms with Gasteiger partial charge in [0, 0.05) is 21.1 Å². The number of halogens is 1. The molecule has 2 heterocycles. The van der Waals surface area contributed by atoms with Crippen LogP contribution in [0.1, 0.15) is 10.6 Å². The minimum Gasteiger partial charge on any atom is -0.319 e. The van der Waals surface area contributed by atoms with Gasteiger partial charge in [0.25, 0.3) is 5.56 Å². The maximum Gasteiger partial charge on any atom is 0.332 e. The van der Waals surface area contributed by atoms with E-state index in [0.29, 0.717) is 0 Å². The molecule has 2 rings (SSSR count). The van der Waals surface area contributed by atoms with Crippen molar-refractivity contribution in [1.29, 1.82) is 0 Å². The highest BCUT2D eigenvalue weighted by Gasteiger charge is 2.20. The molecule has 0 fully saturated rings. The fraction of sp³-hybridized carbons (Fsp3) is 0.400. The lowest BCUT2D eigenvalue weighted by atomic mass is 10.4. The Morgan fingerprint density at radius 2 is 1.78 bits per heavy atom. The Morgan fingerprint density at radius 3 is 2.33 bits per heavy atom. The summed E-state index contributed by atoms with van der Waals surface area (Å²) in [5.74, 6) is -0.0941. The van der Waals surface area contributed by atoms with Crippen LogP contribution in [-0.2, 0) is 21.1 Å². The quantitative estimate of drug-likeness (QED) is 0.555. The van der Waals surface area contributed by atoms with Gasteiger partial charge >= 0.3 is 5.69 Å². The van der Waals surface area contributed by atoms with Crippen LogP contribution in [0.2, 0.25) is 0 Å². The van der Waals surface area contributed by atoms with Gasteiger partial charge in [-0.3, -0.25) is 18.7 Å². The van der Waals surface area contributed by atoms with E-state index in [-0.39, 0.29) is 28.1 Å². The lowest BCUT2D eigenvalue weighted by Gasteiger charge is -2.03. The standard InChI is InChI=1S/C10H11BrN4O3/c1-13-6-8(12-7(13)5(16)4-11)14(2)10(18)15(3)9(6)17/h4H2,1-3H3. The molecule has 0 aliphatic carbocycles. The molecule has 0 radical (unpaired) electrons. The number of fused-ring (bicyclic) bond motifs is 1. The summed E-state index contributed by atoms with van der Waals surface area (Å²) in [6, 6.07) is 0. The molecule has 0 aromatic carbocycles. The lowest BCUT2D eigenvalue weighted by molar-refractivity contribution is 0.101. The minimum atomic E-state index is -0.469. The molecular formula is C10H11BrN4O3. The van der Waals surface area contributed by atoms with Crippen molar-refractivity contribution in [2.24, 2.45) is 21.1 Å². The van der Waals surface area contributed by atoms with E-state index in [1.165, 1.54) is 23.2 Å². The monoisotopic (exact) mass is 314 g/mol. The predicted octanol–water partition coefficient (Wildman–Crippen LogP) is -0.452. The number of ketones is 1. The van der Waals surface area contributed by atoms with Gasteiger partial charge in [0.1, 0.15) is 0 Å². The Morgan fingerprint density at radius 1 is 1.17 bits per heavy atom. The molecule has 0 unspecified atom stereocenters. The Bertz CT molecular complexity index is 768. The highest BCUT2D eigenvalue weighted by Crippen LogP contribution is 2.10. The molecule has 0 aliphatic heterocycles. The van der Waals surface area contributed by atoms with Crippen molar-refractivity contribution in [3.63, 3.8) is 0 Å². The molecule has 2 aromatic rings. The summed E-state index contributed by atoms with van der Waals surface area (Å²) in [7, 11) is 4.49. The summed E-state index contributed by atoms with van der Waals surface area (Å²) in [6.45, 7) is 0. The maximum atomic E-state index is 12.0. The van der Waals surface area contributed by atoms with Crippen LogP contribution >= 0.6 is 15.9 Å². The molecule has 8 heteroatoms. The summed E-state index contributed by atoms with van der Waals surface area (Å²) < 4.78 is 3.66. The third-order valence-corrected chi connectivity index (χ3v) is 3.36. The number of imidazole rings is 1. The van der Waals surface area contributed by atoms with Crippen LogP contribution in [0.3, 0.4) is 0 Å². The van der Waals surface area contributed by atoms with E-state index >= 15 is 0 Å². The number of hydrogen-bond donors (Lipinski definition) is 0. The van der Waals surface area contributed by atoms with Gasteiger partial charge in [-0.05, 0) is 0 Å². The molecular weight excluding hydrogens is 304 g/mol. The predicted molar refractivity (Wildman–Crippen MR) is 69.3 cm³/mol. The van der Waals surface area contributed by atoms with E-state index in [1.807, 2.05) is 0 Å². The SMILES string of the molecule is Cn1c(=O)c2c(nc(C(=O)CBr)n2C)n(C)c1=O. The highest BCUT2D eigenvalue weighted by molar-refractivity contribution is 9.09. The summed E-state index contributed by atoms with van der Waals surface area (Å²) in [4.78, 5) is 39.5. The molecule has 0 spiro atoms. The molecule has 2 aromatic heterocycles. The highest BCUT2D eigenvalue weighted by atomic mass is 79.9. The number of hydrogen-bond acceptors (Lipinski definition) is 4. The zero-order chi connectivity index (χ0) is 13.6. The van der Waals surface area contributed by atoms with Crippen LogP contribution in [0, 0.1) is 0 Å². The van der Waals surface area contributed by atoms with Crippen molar-refractivity contribution in [3.05, 3.63) is 26.7 Å². The van der Waals surface area contributed by atoms with Crippen molar-refractivity contribution >= 4 is 32.9 Å². The van der Waals surface area contributed by atoms with Gasteiger partial charge < -0.3 is 4.57 Å². The van der Waals surface area contributed by atoms with E-state index in [2.05, 4.69) is 20.9 Å². The number of carbonyl (C=O) groups excluding carboxylic acids is 1. The van der Waals surface area contributed by atoms with E-state index < -0.39 is 11.2 Å². The average molecular weight is 315 g/mol. The number of aromatic nitrogens is 4. The number of Topliss-reactive ketones (excluding diaryl/α,β-unsaturated/α-hetero) is 1. The normalized spacial score (nSPS) is 11.1. The topological polar surface area (TPSA) is 78.9 Å². The Labute approximate surface area is 110 Å². The Balaban J connectivity index is 3.03. The fourth-order valence-corrected chi connectivity index (χ4v) is 2.08. The summed E-state index contributed by atoms with van der Waals surface area (Å²) in [5, 5.41) is 0.110. The maximum absolute atomic E-state index is 12.0. The van der Waals surface area contributed by atoms with Crippen molar-refractivity contribution in [2.45, 2.75) is 0 Å². The third-order valence-electron chi connectivity index (χ3n) is 2.85. The number of aryl methyl sites for hydroxylation is 2. The Kier molecular flexibility index (Phi) is 2.97. The average Bonchev–Trinajstić information content (AvgIpc) is 2.71. The zero-order valence-electron chi connectivity index (χ0n) is 10.1. The molecule has 0 bridgehead atoms. The van der Waals surface area contributed by atoms with Crippen LogP contribution in [-0.4, -0.2) is 29.8 Å². The van der Waals surface area contributed by atoms with Gasteiger partial charge in [0.05, 0.1) is 5.33 Å². The van der Waals surface area contributed by atoms with Gasteiger partial charge in [0.15, 0.2) is 17.0 Å². The molecule has 96 valence electrons. The first kappa shape index (κ1) is 12.7. The zero-order valence-corrected chi connectivity index (χ0v) is 11.7. The van der Waals surface area contributed by atoms with Crippen molar-refractivity contribution < 1.29 is 4.79 Å². The first-order chi connectivity index (χ1) is 8.40. The van der Waals surface area contributed by atoms with Crippen molar-refractivity contribution in [2.75, 3.05) is 5.33 Å². The van der Waals surface area contributed by atoms with E-state index in [4.69, 9.17) is 0 Å². The molecule has 0 saturated carbocycles. The number of alkyl halides is 1. The lowest BCUT2D eigenvalue weighted by Crippen LogP contribution is -2.37. The van der Waals surface area contributed by atoms with E-state index in [0.717, 1.165) is 4.57 Å². The van der Waals surface area contributed by atoms with Crippen molar-refractivity contribution in [1.82, 2.24) is 18.7 Å². The molecule has 0 aliphatic rings. The Hall–Kier alpha value is -1.70. The van der Waals surface area contributed by atoms with Crippen LogP contribution in [0.5, 0.6) is 0 Å². The fourth-order valence-electron chi connectivity index (χ4n) is 1.83. The van der Waals surface area contributed by atoms with Gasteiger partial charge in [-0.1, -0.05) is 15.9 Å². The molecule has 0 saturated heterocycles.